The van der Waals surface area contributed by atoms with Gasteiger partial charge in [0.15, 0.2) is 0 Å². The third-order valence-electron chi connectivity index (χ3n) is 2.05. The van der Waals surface area contributed by atoms with Crippen LogP contribution in [-0.4, -0.2) is 25.7 Å². The van der Waals surface area contributed by atoms with Crippen LogP contribution in [0.15, 0.2) is 24.3 Å². The highest BCUT2D eigenvalue weighted by Crippen LogP contribution is 2.05. The lowest BCUT2D eigenvalue weighted by molar-refractivity contribution is -0.141. The van der Waals surface area contributed by atoms with Crippen molar-refractivity contribution >= 4 is 11.9 Å². The minimum Gasteiger partial charge on any atom is -0.465 e. The number of rotatable bonds is 3. The number of carbonyl (C=O) groups is 2. The molecule has 1 aromatic carbocycles. The van der Waals surface area contributed by atoms with Crippen LogP contribution in [0.25, 0.3) is 0 Å². The van der Waals surface area contributed by atoms with E-state index >= 15 is 0 Å². The number of carbonyl (C=O) groups excluding carboxylic acids is 2. The van der Waals surface area contributed by atoms with Crippen LogP contribution in [0, 0.1) is 11.8 Å². The molecule has 0 bridgehead atoms. The summed E-state index contributed by atoms with van der Waals surface area (Å²) in [5, 5.41) is 0. The van der Waals surface area contributed by atoms with Gasteiger partial charge in [-0.15, -0.1) is 0 Å². The van der Waals surface area contributed by atoms with Gasteiger partial charge in [-0.2, -0.15) is 0 Å². The predicted octanol–water partition coefficient (Wildman–Crippen LogP) is 1.78. The molecule has 0 aliphatic rings. The maximum absolute atomic E-state index is 11.3. The van der Waals surface area contributed by atoms with E-state index in [1.807, 2.05) is 0 Å². The van der Waals surface area contributed by atoms with Crippen LogP contribution >= 0.6 is 0 Å². The lowest BCUT2D eigenvalue weighted by Gasteiger charge is -1.98. The maximum atomic E-state index is 11.3. The SMILES string of the molecule is CCOC(=O)CC#Cc1cccc(C(=O)OC)c1. The van der Waals surface area contributed by atoms with Gasteiger partial charge in [0.25, 0.3) is 0 Å². The predicted molar refractivity (Wildman–Crippen MR) is 65.9 cm³/mol. The average molecular weight is 246 g/mol. The van der Waals surface area contributed by atoms with Crippen molar-refractivity contribution in [3.05, 3.63) is 35.4 Å². The Kier molecular flexibility index (Phi) is 5.46. The molecule has 4 nitrogen and oxygen atoms in total. The Labute approximate surface area is 106 Å². The van der Waals surface area contributed by atoms with Gasteiger partial charge in [-0.1, -0.05) is 17.9 Å². The average Bonchev–Trinajstić information content (AvgIpc) is 2.38. The molecule has 1 aromatic rings. The van der Waals surface area contributed by atoms with Gasteiger partial charge < -0.3 is 9.47 Å². The first kappa shape index (κ1) is 13.8. The Bertz CT molecular complexity index is 494. The third kappa shape index (κ3) is 4.30. The van der Waals surface area contributed by atoms with E-state index in [1.165, 1.54) is 7.11 Å². The molecule has 0 aliphatic heterocycles. The van der Waals surface area contributed by atoms with Crippen molar-refractivity contribution in [1.82, 2.24) is 0 Å². The number of esters is 2. The normalized spacial score (nSPS) is 9.00. The summed E-state index contributed by atoms with van der Waals surface area (Å²) in [7, 11) is 1.32. The Hall–Kier alpha value is -2.28. The summed E-state index contributed by atoms with van der Waals surface area (Å²) in [6, 6.07) is 6.72. The Balaban J connectivity index is 2.71. The number of methoxy groups -OCH3 is 1. The molecule has 0 fully saturated rings. The fourth-order valence-electron chi connectivity index (χ4n) is 1.27. The Morgan fingerprint density at radius 3 is 2.78 bits per heavy atom. The van der Waals surface area contributed by atoms with Gasteiger partial charge in [0.1, 0.15) is 6.42 Å². The molecule has 0 radical (unpaired) electrons. The minimum absolute atomic E-state index is 0.0380. The van der Waals surface area contributed by atoms with Crippen LogP contribution in [0.1, 0.15) is 29.3 Å². The summed E-state index contributed by atoms with van der Waals surface area (Å²) >= 11 is 0. The zero-order chi connectivity index (χ0) is 13.4. The fourth-order valence-corrected chi connectivity index (χ4v) is 1.27. The summed E-state index contributed by atoms with van der Waals surface area (Å²) in [5.74, 6) is 4.72. The van der Waals surface area contributed by atoms with Crippen molar-refractivity contribution in [2.75, 3.05) is 13.7 Å². The molecule has 0 unspecified atom stereocenters. The quantitative estimate of drug-likeness (QED) is 0.602. The van der Waals surface area contributed by atoms with E-state index in [0.29, 0.717) is 17.7 Å². The van der Waals surface area contributed by atoms with Gasteiger partial charge in [-0.25, -0.2) is 4.79 Å². The van der Waals surface area contributed by atoms with Gasteiger partial charge >= 0.3 is 11.9 Å². The zero-order valence-electron chi connectivity index (χ0n) is 10.4. The lowest BCUT2D eigenvalue weighted by Crippen LogP contribution is -2.02. The van der Waals surface area contributed by atoms with E-state index in [9.17, 15) is 9.59 Å². The van der Waals surface area contributed by atoms with Crippen LogP contribution in [0.2, 0.25) is 0 Å². The molecule has 0 amide bonds. The maximum Gasteiger partial charge on any atom is 0.337 e. The second-order valence-electron chi connectivity index (χ2n) is 3.36. The van der Waals surface area contributed by atoms with Gasteiger partial charge in [0.05, 0.1) is 19.3 Å². The fraction of sp³-hybridized carbons (Fsp3) is 0.286. The molecule has 94 valence electrons. The molecule has 0 saturated carbocycles. The van der Waals surface area contributed by atoms with Crippen molar-refractivity contribution in [3.63, 3.8) is 0 Å². The molecule has 1 rings (SSSR count). The first-order chi connectivity index (χ1) is 8.67. The smallest absolute Gasteiger partial charge is 0.337 e. The lowest BCUT2D eigenvalue weighted by atomic mass is 10.1. The van der Waals surface area contributed by atoms with Gasteiger partial charge in [0, 0.05) is 5.56 Å². The second-order valence-corrected chi connectivity index (χ2v) is 3.36. The highest BCUT2D eigenvalue weighted by atomic mass is 16.5. The van der Waals surface area contributed by atoms with Gasteiger partial charge in [0.2, 0.25) is 0 Å². The summed E-state index contributed by atoms with van der Waals surface area (Å²) in [6.45, 7) is 2.09. The number of ether oxygens (including phenoxy) is 2. The minimum atomic E-state index is -0.413. The molecule has 18 heavy (non-hydrogen) atoms. The van der Waals surface area contributed by atoms with Crippen molar-refractivity contribution in [2.24, 2.45) is 0 Å². The second kappa shape index (κ2) is 7.13. The Morgan fingerprint density at radius 1 is 1.33 bits per heavy atom. The summed E-state index contributed by atoms with van der Waals surface area (Å²) < 4.78 is 9.35. The van der Waals surface area contributed by atoms with Crippen molar-refractivity contribution in [1.29, 1.82) is 0 Å². The highest BCUT2D eigenvalue weighted by Gasteiger charge is 2.04. The van der Waals surface area contributed by atoms with E-state index < -0.39 is 5.97 Å². The van der Waals surface area contributed by atoms with Crippen molar-refractivity contribution in [2.45, 2.75) is 13.3 Å². The number of hydrogen-bond donors (Lipinski definition) is 0. The largest absolute Gasteiger partial charge is 0.465 e. The monoisotopic (exact) mass is 246 g/mol. The van der Waals surface area contributed by atoms with E-state index in [4.69, 9.17) is 4.74 Å². The topological polar surface area (TPSA) is 52.6 Å². The summed E-state index contributed by atoms with van der Waals surface area (Å²) in [5.41, 5.74) is 1.09. The van der Waals surface area contributed by atoms with Crippen LogP contribution in [-0.2, 0) is 14.3 Å². The first-order valence-corrected chi connectivity index (χ1v) is 5.50. The van der Waals surface area contributed by atoms with Gasteiger partial charge in [-0.3, -0.25) is 4.79 Å². The van der Waals surface area contributed by atoms with Crippen molar-refractivity contribution in [3.8, 4) is 11.8 Å². The number of hydrogen-bond acceptors (Lipinski definition) is 4. The Morgan fingerprint density at radius 2 is 2.11 bits per heavy atom. The standard InChI is InChI=1S/C14H14O4/c1-3-18-13(15)9-5-7-11-6-4-8-12(10-11)14(16)17-2/h4,6,8,10H,3,9H2,1-2H3. The van der Waals surface area contributed by atoms with E-state index in [0.717, 1.165) is 0 Å². The van der Waals surface area contributed by atoms with E-state index in [-0.39, 0.29) is 12.4 Å². The van der Waals surface area contributed by atoms with Crippen LogP contribution in [0.3, 0.4) is 0 Å². The molecular weight excluding hydrogens is 232 g/mol. The first-order valence-electron chi connectivity index (χ1n) is 5.50. The molecule has 0 spiro atoms. The molecule has 0 saturated heterocycles. The zero-order valence-corrected chi connectivity index (χ0v) is 10.4. The summed E-state index contributed by atoms with van der Waals surface area (Å²) in [6.07, 6.45) is 0.0380. The summed E-state index contributed by atoms with van der Waals surface area (Å²) in [4.78, 5) is 22.3. The van der Waals surface area contributed by atoms with Crippen molar-refractivity contribution < 1.29 is 19.1 Å². The molecule has 4 heteroatoms. The van der Waals surface area contributed by atoms with E-state index in [2.05, 4.69) is 16.6 Å². The highest BCUT2D eigenvalue weighted by molar-refractivity contribution is 5.89. The van der Waals surface area contributed by atoms with Crippen LogP contribution < -0.4 is 0 Å². The third-order valence-corrected chi connectivity index (χ3v) is 2.05. The molecular formula is C14H14O4. The molecule has 0 aromatic heterocycles. The van der Waals surface area contributed by atoms with Crippen LogP contribution in [0.4, 0.5) is 0 Å². The number of benzene rings is 1. The van der Waals surface area contributed by atoms with E-state index in [1.54, 1.807) is 31.2 Å². The molecule has 0 aliphatic carbocycles. The molecule has 0 atom stereocenters. The van der Waals surface area contributed by atoms with Crippen LogP contribution in [0.5, 0.6) is 0 Å². The van der Waals surface area contributed by atoms with Gasteiger partial charge in [-0.05, 0) is 25.1 Å². The molecule has 0 N–H and O–H groups in total. The molecule has 0 heterocycles.